The summed E-state index contributed by atoms with van der Waals surface area (Å²) in [6.45, 7) is 3.72. The minimum absolute atomic E-state index is 0.0385. The first-order valence-corrected chi connectivity index (χ1v) is 7.85. The summed E-state index contributed by atoms with van der Waals surface area (Å²) in [4.78, 5) is 21.4. The molecule has 3 rings (SSSR count). The summed E-state index contributed by atoms with van der Waals surface area (Å²) in [6.07, 6.45) is 1.70. The van der Waals surface area contributed by atoms with Gasteiger partial charge in [-0.1, -0.05) is 18.5 Å². The Hall–Kier alpha value is -1.65. The first-order chi connectivity index (χ1) is 10.5. The van der Waals surface area contributed by atoms with Crippen LogP contribution < -0.4 is 0 Å². The SMILES string of the molecule is C[C@H]1CN(C(=O)c2ccc(Cl)c3cccnc23)C[C@H]1N(C)C. The van der Waals surface area contributed by atoms with Crippen molar-refractivity contribution >= 4 is 28.4 Å². The summed E-state index contributed by atoms with van der Waals surface area (Å²) < 4.78 is 0. The Morgan fingerprint density at radius 1 is 1.32 bits per heavy atom. The number of carbonyl (C=O) groups is 1. The van der Waals surface area contributed by atoms with Crippen LogP contribution in [0.15, 0.2) is 30.5 Å². The van der Waals surface area contributed by atoms with Crippen LogP contribution in [-0.4, -0.2) is 53.9 Å². The van der Waals surface area contributed by atoms with Gasteiger partial charge >= 0.3 is 0 Å². The van der Waals surface area contributed by atoms with Crippen LogP contribution in [0.3, 0.4) is 0 Å². The summed E-state index contributed by atoms with van der Waals surface area (Å²) in [5, 5.41) is 1.45. The van der Waals surface area contributed by atoms with E-state index in [1.165, 1.54) is 0 Å². The molecule has 1 aliphatic rings. The molecule has 116 valence electrons. The summed E-state index contributed by atoms with van der Waals surface area (Å²) in [5.74, 6) is 0.502. The van der Waals surface area contributed by atoms with Crippen LogP contribution in [0.4, 0.5) is 0 Å². The van der Waals surface area contributed by atoms with E-state index < -0.39 is 0 Å². The minimum atomic E-state index is 0.0385. The molecule has 1 aromatic heterocycles. The van der Waals surface area contributed by atoms with Crippen molar-refractivity contribution in [2.45, 2.75) is 13.0 Å². The number of hydrogen-bond donors (Lipinski definition) is 0. The monoisotopic (exact) mass is 317 g/mol. The maximum absolute atomic E-state index is 12.9. The molecule has 2 atom stereocenters. The molecule has 2 aromatic rings. The van der Waals surface area contributed by atoms with E-state index in [0.29, 0.717) is 28.1 Å². The Bertz CT molecular complexity index is 716. The average molecular weight is 318 g/mol. The molecule has 0 aliphatic carbocycles. The topological polar surface area (TPSA) is 36.4 Å². The van der Waals surface area contributed by atoms with Crippen LogP contribution in [-0.2, 0) is 0 Å². The fraction of sp³-hybridized carbons (Fsp3) is 0.412. The van der Waals surface area contributed by atoms with Gasteiger partial charge < -0.3 is 9.80 Å². The molecule has 1 fully saturated rings. The number of carbonyl (C=O) groups excluding carboxylic acids is 1. The molecule has 1 aliphatic heterocycles. The quantitative estimate of drug-likeness (QED) is 0.854. The van der Waals surface area contributed by atoms with Gasteiger partial charge in [0.25, 0.3) is 5.91 Å². The van der Waals surface area contributed by atoms with Crippen LogP contribution in [0.2, 0.25) is 5.02 Å². The fourth-order valence-corrected chi connectivity index (χ4v) is 3.48. The molecule has 1 aromatic carbocycles. The van der Waals surface area contributed by atoms with Crippen LogP contribution >= 0.6 is 11.6 Å². The Labute approximate surface area is 135 Å². The molecule has 22 heavy (non-hydrogen) atoms. The minimum Gasteiger partial charge on any atom is -0.337 e. The Morgan fingerprint density at radius 3 is 2.77 bits per heavy atom. The van der Waals surface area contributed by atoms with Gasteiger partial charge in [0, 0.05) is 30.7 Å². The van der Waals surface area contributed by atoms with E-state index >= 15 is 0 Å². The number of rotatable bonds is 2. The van der Waals surface area contributed by atoms with Crippen molar-refractivity contribution in [2.24, 2.45) is 5.92 Å². The van der Waals surface area contributed by atoms with Gasteiger partial charge in [-0.05, 0) is 44.3 Å². The second-order valence-corrected chi connectivity index (χ2v) is 6.62. The second-order valence-electron chi connectivity index (χ2n) is 6.21. The zero-order valence-electron chi connectivity index (χ0n) is 13.1. The van der Waals surface area contributed by atoms with E-state index in [1.807, 2.05) is 17.0 Å². The molecule has 0 bridgehead atoms. The van der Waals surface area contributed by atoms with Gasteiger partial charge in [0.15, 0.2) is 0 Å². The molecule has 2 heterocycles. The lowest BCUT2D eigenvalue weighted by Gasteiger charge is -2.22. The van der Waals surface area contributed by atoms with Crippen molar-refractivity contribution in [3.63, 3.8) is 0 Å². The molecule has 0 N–H and O–H groups in total. The third-order valence-corrected chi connectivity index (χ3v) is 4.80. The zero-order valence-corrected chi connectivity index (χ0v) is 13.8. The molecule has 0 radical (unpaired) electrons. The molecule has 0 saturated carbocycles. The van der Waals surface area contributed by atoms with Gasteiger partial charge in [-0.15, -0.1) is 0 Å². The largest absolute Gasteiger partial charge is 0.337 e. The van der Waals surface area contributed by atoms with E-state index in [4.69, 9.17) is 11.6 Å². The van der Waals surface area contributed by atoms with E-state index in [2.05, 4.69) is 30.9 Å². The first-order valence-electron chi connectivity index (χ1n) is 7.48. The number of halogens is 1. The van der Waals surface area contributed by atoms with Crippen molar-refractivity contribution in [3.05, 3.63) is 41.0 Å². The standard InChI is InChI=1S/C17H20ClN3O/c1-11-9-21(10-15(11)20(2)3)17(22)13-6-7-14(18)12-5-4-8-19-16(12)13/h4-8,11,15H,9-10H2,1-3H3/t11-,15+/m0/s1. The summed E-state index contributed by atoms with van der Waals surface area (Å²) >= 11 is 6.21. The molecular formula is C17H20ClN3O. The van der Waals surface area contributed by atoms with Gasteiger partial charge in [0.05, 0.1) is 16.1 Å². The Morgan fingerprint density at radius 2 is 2.09 bits per heavy atom. The van der Waals surface area contributed by atoms with Gasteiger partial charge in [-0.2, -0.15) is 0 Å². The number of amides is 1. The maximum atomic E-state index is 12.9. The van der Waals surface area contributed by atoms with Crippen molar-refractivity contribution in [1.82, 2.24) is 14.8 Å². The molecular weight excluding hydrogens is 298 g/mol. The smallest absolute Gasteiger partial charge is 0.256 e. The molecule has 5 heteroatoms. The van der Waals surface area contributed by atoms with Crippen molar-refractivity contribution in [1.29, 1.82) is 0 Å². The number of nitrogens with zero attached hydrogens (tertiary/aromatic N) is 3. The summed E-state index contributed by atoms with van der Waals surface area (Å²) in [6, 6.07) is 7.70. The van der Waals surface area contributed by atoms with Gasteiger partial charge in [0.1, 0.15) is 0 Å². The first kappa shape index (κ1) is 15.3. The van der Waals surface area contributed by atoms with Gasteiger partial charge in [0.2, 0.25) is 0 Å². The maximum Gasteiger partial charge on any atom is 0.256 e. The Balaban J connectivity index is 1.96. The van der Waals surface area contributed by atoms with E-state index in [1.54, 1.807) is 18.3 Å². The lowest BCUT2D eigenvalue weighted by atomic mass is 10.1. The molecule has 0 spiro atoms. The fourth-order valence-electron chi connectivity index (χ4n) is 3.27. The van der Waals surface area contributed by atoms with Crippen molar-refractivity contribution in [3.8, 4) is 0 Å². The molecule has 1 saturated heterocycles. The normalized spacial score (nSPS) is 21.8. The summed E-state index contributed by atoms with van der Waals surface area (Å²) in [5.41, 5.74) is 1.31. The number of fused-ring (bicyclic) bond motifs is 1. The predicted octanol–water partition coefficient (Wildman–Crippen LogP) is 2.91. The van der Waals surface area contributed by atoms with E-state index in [-0.39, 0.29) is 5.91 Å². The molecule has 1 amide bonds. The number of hydrogen-bond acceptors (Lipinski definition) is 3. The van der Waals surface area contributed by atoms with Gasteiger partial charge in [-0.25, -0.2) is 0 Å². The van der Waals surface area contributed by atoms with Crippen LogP contribution in [0.25, 0.3) is 10.9 Å². The third-order valence-electron chi connectivity index (χ3n) is 4.47. The number of pyridine rings is 1. The highest BCUT2D eigenvalue weighted by Crippen LogP contribution is 2.28. The summed E-state index contributed by atoms with van der Waals surface area (Å²) in [7, 11) is 4.13. The van der Waals surface area contributed by atoms with Crippen molar-refractivity contribution in [2.75, 3.05) is 27.2 Å². The number of likely N-dealkylation sites (tertiary alicyclic amines) is 1. The highest BCUT2D eigenvalue weighted by molar-refractivity contribution is 6.36. The molecule has 4 nitrogen and oxygen atoms in total. The van der Waals surface area contributed by atoms with Crippen molar-refractivity contribution < 1.29 is 4.79 Å². The van der Waals surface area contributed by atoms with Gasteiger partial charge in [-0.3, -0.25) is 9.78 Å². The Kier molecular flexibility index (Phi) is 4.06. The second kappa shape index (κ2) is 5.86. The van der Waals surface area contributed by atoms with Crippen LogP contribution in [0.1, 0.15) is 17.3 Å². The lowest BCUT2D eigenvalue weighted by Crippen LogP contribution is -2.35. The average Bonchev–Trinajstić information content (AvgIpc) is 2.89. The molecule has 0 unspecified atom stereocenters. The highest BCUT2D eigenvalue weighted by Gasteiger charge is 2.34. The zero-order chi connectivity index (χ0) is 15.9. The predicted molar refractivity (Wildman–Crippen MR) is 89.3 cm³/mol. The third kappa shape index (κ3) is 2.57. The van der Waals surface area contributed by atoms with E-state index in [0.717, 1.165) is 18.5 Å². The number of aromatic nitrogens is 1. The lowest BCUT2D eigenvalue weighted by molar-refractivity contribution is 0.0783. The number of likely N-dealkylation sites (N-methyl/N-ethyl adjacent to an activating group) is 1. The number of benzene rings is 1. The highest BCUT2D eigenvalue weighted by atomic mass is 35.5. The van der Waals surface area contributed by atoms with E-state index in [9.17, 15) is 4.79 Å². The van der Waals surface area contributed by atoms with Crippen LogP contribution in [0.5, 0.6) is 0 Å². The van der Waals surface area contributed by atoms with Crippen LogP contribution in [0, 0.1) is 5.92 Å².